The van der Waals surface area contributed by atoms with Crippen LogP contribution >= 0.6 is 11.8 Å². The van der Waals surface area contributed by atoms with Crippen LogP contribution in [0.25, 0.3) is 0 Å². The summed E-state index contributed by atoms with van der Waals surface area (Å²) in [6, 6.07) is 0. The minimum atomic E-state index is -1.77. The van der Waals surface area contributed by atoms with Gasteiger partial charge in [-0.05, 0) is 29.2 Å². The zero-order valence-corrected chi connectivity index (χ0v) is 21.5. The summed E-state index contributed by atoms with van der Waals surface area (Å²) >= 11 is 2.24. The molecule has 2 aliphatic carbocycles. The van der Waals surface area contributed by atoms with Gasteiger partial charge in [0, 0.05) is 9.12 Å². The maximum atomic E-state index is 2.61. The Morgan fingerprint density at radius 1 is 0.889 bits per heavy atom. The predicted octanol–water partition coefficient (Wildman–Crippen LogP) is 8.28. The summed E-state index contributed by atoms with van der Waals surface area (Å²) in [7, 11) is -1.77. The van der Waals surface area contributed by atoms with Crippen LogP contribution in [-0.2, 0) is 0 Å². The first-order valence-corrected chi connectivity index (χ1v) is 14.3. The van der Waals surface area contributed by atoms with Gasteiger partial charge in [-0.1, -0.05) is 117 Å². The molecule has 0 N–H and O–H groups in total. The Morgan fingerprint density at radius 3 is 1.89 bits per heavy atom. The van der Waals surface area contributed by atoms with Gasteiger partial charge in [0.25, 0.3) is 0 Å². The third-order valence-corrected chi connectivity index (χ3v) is 13.5. The first-order chi connectivity index (χ1) is 12.0. The monoisotopic (exact) mass is 402 g/mol. The fraction of sp³-hybridized carbons (Fsp3) is 0.680. The fourth-order valence-corrected chi connectivity index (χ4v) is 11.9. The highest BCUT2D eigenvalue weighted by Gasteiger charge is 2.55. The van der Waals surface area contributed by atoms with Gasteiger partial charge in [0.05, 0.1) is 0 Å². The van der Waals surface area contributed by atoms with Crippen molar-refractivity contribution in [3.8, 4) is 0 Å². The van der Waals surface area contributed by atoms with E-state index in [0.29, 0.717) is 0 Å². The summed E-state index contributed by atoms with van der Waals surface area (Å²) in [4.78, 5) is 0. The van der Waals surface area contributed by atoms with E-state index in [1.54, 1.807) is 10.8 Å². The van der Waals surface area contributed by atoms with Gasteiger partial charge in [-0.15, -0.1) is 11.8 Å². The van der Waals surface area contributed by atoms with Crippen molar-refractivity contribution in [2.24, 2.45) is 10.8 Å². The molecule has 27 heavy (non-hydrogen) atoms. The number of hydrogen-bond donors (Lipinski definition) is 0. The first kappa shape index (κ1) is 22.8. The van der Waals surface area contributed by atoms with E-state index in [1.807, 2.05) is 0 Å². The topological polar surface area (TPSA) is 0 Å². The second kappa shape index (κ2) is 7.09. The molecule has 152 valence electrons. The van der Waals surface area contributed by atoms with E-state index in [4.69, 9.17) is 0 Å². The van der Waals surface area contributed by atoms with E-state index in [9.17, 15) is 0 Å². The van der Waals surface area contributed by atoms with Crippen LogP contribution in [0.4, 0.5) is 0 Å². The van der Waals surface area contributed by atoms with Crippen molar-refractivity contribution in [2.75, 3.05) is 0 Å². The summed E-state index contributed by atoms with van der Waals surface area (Å²) in [6.45, 7) is 26.7. The molecular weight excluding hydrogens is 360 g/mol. The molecule has 0 nitrogen and oxygen atoms in total. The van der Waals surface area contributed by atoms with Gasteiger partial charge in [-0.25, -0.2) is 0 Å². The largest absolute Gasteiger partial charge is 0.147 e. The number of allylic oxidation sites excluding steroid dienone is 7. The van der Waals surface area contributed by atoms with E-state index < -0.39 is 8.07 Å². The summed E-state index contributed by atoms with van der Waals surface area (Å²) in [5, 5.41) is 1.64. The minimum Gasteiger partial charge on any atom is -0.147 e. The van der Waals surface area contributed by atoms with Crippen molar-refractivity contribution in [1.29, 1.82) is 0 Å². The highest BCUT2D eigenvalue weighted by atomic mass is 32.2. The van der Waals surface area contributed by atoms with Gasteiger partial charge >= 0.3 is 0 Å². The summed E-state index contributed by atoms with van der Waals surface area (Å²) in [6.07, 6.45) is 14.7. The Kier molecular flexibility index (Phi) is 5.99. The Morgan fingerprint density at radius 2 is 1.48 bits per heavy atom. The van der Waals surface area contributed by atoms with Crippen LogP contribution in [0.5, 0.6) is 0 Å². The number of thioether (sulfide) groups is 1. The van der Waals surface area contributed by atoms with E-state index >= 15 is 0 Å². The fourth-order valence-electron chi connectivity index (χ4n) is 4.53. The van der Waals surface area contributed by atoms with Crippen molar-refractivity contribution < 1.29 is 0 Å². The average molecular weight is 403 g/mol. The quantitative estimate of drug-likeness (QED) is 0.428. The summed E-state index contributed by atoms with van der Waals surface area (Å²) < 4.78 is 0.420. The molecule has 0 spiro atoms. The molecule has 0 radical (unpaired) electrons. The molecule has 0 saturated carbocycles. The maximum Gasteiger partial charge on any atom is 0.103 e. The lowest BCUT2D eigenvalue weighted by molar-refractivity contribution is 0.454. The second-order valence-corrected chi connectivity index (χ2v) is 19.1. The zero-order chi connectivity index (χ0) is 20.9. The Balaban J connectivity index is 2.74. The molecule has 0 bridgehead atoms. The van der Waals surface area contributed by atoms with Crippen LogP contribution < -0.4 is 0 Å². The molecule has 1 unspecified atom stereocenters. The van der Waals surface area contributed by atoms with Crippen LogP contribution in [0.2, 0.25) is 13.1 Å². The molecule has 0 amide bonds. The molecule has 0 aliphatic heterocycles. The predicted molar refractivity (Wildman–Crippen MR) is 129 cm³/mol. The normalized spacial score (nSPS) is 24.6. The van der Waals surface area contributed by atoms with E-state index in [1.165, 1.54) is 5.57 Å². The number of hydrogen-bond acceptors (Lipinski definition) is 1. The molecule has 0 heterocycles. The highest BCUT2D eigenvalue weighted by molar-refractivity contribution is 8.04. The van der Waals surface area contributed by atoms with Crippen molar-refractivity contribution >= 4 is 19.8 Å². The van der Waals surface area contributed by atoms with Crippen LogP contribution in [0.3, 0.4) is 0 Å². The standard InChI is InChI=1S/C25H42SSi/c1-22(2,3)19-16-17-25(26-24(7,8)9,21(18-19)23(4,5)6)27(10,11)20-14-12-13-15-20/h12,14-16,18H,13,17H2,1-11H3. The molecule has 2 rings (SSSR count). The van der Waals surface area contributed by atoms with Crippen LogP contribution in [0.1, 0.15) is 75.2 Å². The summed E-state index contributed by atoms with van der Waals surface area (Å²) in [5.74, 6) is 0. The zero-order valence-electron chi connectivity index (χ0n) is 19.7. The van der Waals surface area contributed by atoms with E-state index in [0.717, 1.165) is 12.8 Å². The molecule has 1 atom stereocenters. The van der Waals surface area contributed by atoms with E-state index in [2.05, 4.69) is 118 Å². The van der Waals surface area contributed by atoms with Crippen LogP contribution in [-0.4, -0.2) is 17.2 Å². The lowest BCUT2D eigenvalue weighted by Gasteiger charge is -2.55. The molecule has 0 fully saturated rings. The van der Waals surface area contributed by atoms with Gasteiger partial charge in [-0.2, -0.15) is 0 Å². The van der Waals surface area contributed by atoms with Crippen molar-refractivity contribution in [3.63, 3.8) is 0 Å². The molecule has 0 aromatic carbocycles. The molecular formula is C25H42SSi. The molecule has 2 heteroatoms. The SMILES string of the molecule is CC(C)(C)SC1([Si](C)(C)C2=CCC=C2)CC=C(C(C)(C)C)C=C1C(C)(C)C. The maximum absolute atomic E-state index is 2.61. The molecule has 0 aromatic rings. The molecule has 0 aromatic heterocycles. The van der Waals surface area contributed by atoms with Crippen molar-refractivity contribution in [3.05, 3.63) is 46.7 Å². The van der Waals surface area contributed by atoms with Gasteiger partial charge in [-0.3, -0.25) is 0 Å². The van der Waals surface area contributed by atoms with Crippen molar-refractivity contribution in [1.82, 2.24) is 0 Å². The highest BCUT2D eigenvalue weighted by Crippen LogP contribution is 2.58. The third kappa shape index (κ3) is 4.58. The molecule has 2 aliphatic rings. The first-order valence-electron chi connectivity index (χ1n) is 10.5. The van der Waals surface area contributed by atoms with Gasteiger partial charge in [0.2, 0.25) is 0 Å². The lowest BCUT2D eigenvalue weighted by atomic mass is 9.75. The Hall–Kier alpha value is -0.473. The van der Waals surface area contributed by atoms with Gasteiger partial charge < -0.3 is 0 Å². The van der Waals surface area contributed by atoms with Crippen LogP contribution in [0, 0.1) is 10.8 Å². The lowest BCUT2D eigenvalue weighted by Crippen LogP contribution is -2.58. The molecule has 0 saturated heterocycles. The van der Waals surface area contributed by atoms with Crippen LogP contribution in [0.15, 0.2) is 46.7 Å². The van der Waals surface area contributed by atoms with Gasteiger partial charge in [0.15, 0.2) is 0 Å². The second-order valence-electron chi connectivity index (χ2n) is 11.9. The van der Waals surface area contributed by atoms with Gasteiger partial charge in [0.1, 0.15) is 8.07 Å². The summed E-state index contributed by atoms with van der Waals surface area (Å²) in [5.41, 5.74) is 3.54. The smallest absolute Gasteiger partial charge is 0.103 e. The van der Waals surface area contributed by atoms with Crippen molar-refractivity contribution in [2.45, 2.75) is 97.4 Å². The Bertz CT molecular complexity index is 696. The number of rotatable bonds is 3. The Labute approximate surface area is 174 Å². The minimum absolute atomic E-state index is 0.163. The average Bonchev–Trinajstić information content (AvgIpc) is 2.97. The third-order valence-electron chi connectivity index (χ3n) is 6.00. The van der Waals surface area contributed by atoms with E-state index in [-0.39, 0.29) is 19.9 Å².